The predicted molar refractivity (Wildman–Crippen MR) is 101 cm³/mol. The number of esters is 2. The summed E-state index contributed by atoms with van der Waals surface area (Å²) in [4.78, 5) is 37.0. The Hall–Kier alpha value is -1.79. The Bertz CT molecular complexity index is 457. The molecule has 0 aromatic carbocycles. The van der Waals surface area contributed by atoms with E-state index in [0.29, 0.717) is 0 Å². The lowest BCUT2D eigenvalue weighted by atomic mass is 10.0. The van der Waals surface area contributed by atoms with E-state index >= 15 is 0 Å². The molecule has 0 fully saturated rings. The van der Waals surface area contributed by atoms with Gasteiger partial charge in [-0.15, -0.1) is 0 Å². The van der Waals surface area contributed by atoms with Crippen LogP contribution in [0.25, 0.3) is 0 Å². The molecule has 0 bridgehead atoms. The summed E-state index contributed by atoms with van der Waals surface area (Å²) in [5, 5.41) is 5.22. The molecule has 2 amide bonds. The summed E-state index contributed by atoms with van der Waals surface area (Å²) in [7, 11) is 0. The number of nitrogens with one attached hydrogen (secondary N) is 2. The van der Waals surface area contributed by atoms with Crippen LogP contribution in [0.4, 0.5) is 4.79 Å². The molecule has 0 heterocycles. The smallest absolute Gasteiger partial charge is 0.329 e. The fraction of sp³-hybridized carbons (Fsp3) is 0.842. The third-order valence-corrected chi connectivity index (χ3v) is 3.23. The van der Waals surface area contributed by atoms with Crippen LogP contribution in [-0.4, -0.2) is 41.3 Å². The Morgan fingerprint density at radius 3 is 1.12 bits per heavy atom. The Balaban J connectivity index is 5.07. The minimum Gasteiger partial charge on any atom is -0.458 e. The number of rotatable bonds is 6. The van der Waals surface area contributed by atoms with Gasteiger partial charge in [0.15, 0.2) is 0 Å². The highest BCUT2D eigenvalue weighted by Crippen LogP contribution is 2.14. The van der Waals surface area contributed by atoms with E-state index in [4.69, 9.17) is 9.47 Å². The Labute approximate surface area is 157 Å². The SMILES string of the molecule is CC(C)C(NC(=O)NC(C(=O)OC(C)(C)C)C(C)C)C(=O)OC(C)(C)C. The van der Waals surface area contributed by atoms with E-state index < -0.39 is 41.3 Å². The standard InChI is InChI=1S/C19H36N2O5/c1-11(2)13(15(22)25-18(5,6)7)20-17(24)21-14(12(3)4)16(23)26-19(8,9)10/h11-14H,1-10H3,(H2,20,21,24). The molecule has 2 unspecified atom stereocenters. The zero-order valence-corrected chi connectivity index (χ0v) is 17.9. The summed E-state index contributed by atoms with van der Waals surface area (Å²) in [5.41, 5.74) is -1.31. The van der Waals surface area contributed by atoms with Crippen LogP contribution >= 0.6 is 0 Å². The van der Waals surface area contributed by atoms with E-state index in [1.807, 2.05) is 27.7 Å². The van der Waals surface area contributed by atoms with Gasteiger partial charge in [-0.05, 0) is 53.4 Å². The molecule has 0 aliphatic carbocycles. The van der Waals surface area contributed by atoms with Gasteiger partial charge in [-0.3, -0.25) is 0 Å². The molecule has 26 heavy (non-hydrogen) atoms. The number of hydrogen-bond acceptors (Lipinski definition) is 5. The lowest BCUT2D eigenvalue weighted by molar-refractivity contribution is -0.158. The topological polar surface area (TPSA) is 93.7 Å². The van der Waals surface area contributed by atoms with E-state index in [9.17, 15) is 14.4 Å². The summed E-state index contributed by atoms with van der Waals surface area (Å²) >= 11 is 0. The van der Waals surface area contributed by atoms with Crippen LogP contribution in [0, 0.1) is 11.8 Å². The van der Waals surface area contributed by atoms with Crippen LogP contribution in [0.15, 0.2) is 0 Å². The second-order valence-corrected chi connectivity index (χ2v) is 9.13. The number of carbonyl (C=O) groups excluding carboxylic acids is 3. The maximum Gasteiger partial charge on any atom is 0.329 e. The Morgan fingerprint density at radius 2 is 0.923 bits per heavy atom. The van der Waals surface area contributed by atoms with Crippen molar-refractivity contribution in [3.05, 3.63) is 0 Å². The van der Waals surface area contributed by atoms with Crippen molar-refractivity contribution in [2.45, 2.75) is 92.5 Å². The van der Waals surface area contributed by atoms with Crippen LogP contribution in [0.1, 0.15) is 69.2 Å². The second-order valence-electron chi connectivity index (χ2n) is 9.13. The molecule has 0 saturated carbocycles. The first-order chi connectivity index (χ1) is 11.5. The van der Waals surface area contributed by atoms with E-state index in [1.54, 1.807) is 41.5 Å². The number of ether oxygens (including phenoxy) is 2. The van der Waals surface area contributed by atoms with E-state index in [0.717, 1.165) is 0 Å². The first kappa shape index (κ1) is 24.2. The molecule has 0 saturated heterocycles. The molecule has 7 heteroatoms. The van der Waals surface area contributed by atoms with Crippen molar-refractivity contribution >= 4 is 18.0 Å². The highest BCUT2D eigenvalue weighted by Gasteiger charge is 2.32. The summed E-state index contributed by atoms with van der Waals surface area (Å²) in [6.45, 7) is 17.8. The van der Waals surface area contributed by atoms with Crippen molar-refractivity contribution in [2.75, 3.05) is 0 Å². The van der Waals surface area contributed by atoms with Gasteiger partial charge in [0.2, 0.25) is 0 Å². The van der Waals surface area contributed by atoms with Crippen molar-refractivity contribution < 1.29 is 23.9 Å². The van der Waals surface area contributed by atoms with E-state index in [1.165, 1.54) is 0 Å². The van der Waals surface area contributed by atoms with Crippen LogP contribution < -0.4 is 10.6 Å². The molecule has 7 nitrogen and oxygen atoms in total. The number of hydrogen-bond donors (Lipinski definition) is 2. The van der Waals surface area contributed by atoms with Crippen molar-refractivity contribution in [1.29, 1.82) is 0 Å². The molecule has 2 atom stereocenters. The first-order valence-electron chi connectivity index (χ1n) is 9.06. The maximum atomic E-state index is 12.4. The minimum absolute atomic E-state index is 0.172. The van der Waals surface area contributed by atoms with Crippen molar-refractivity contribution in [2.24, 2.45) is 11.8 Å². The minimum atomic E-state index is -0.819. The van der Waals surface area contributed by atoms with Gasteiger partial charge in [-0.1, -0.05) is 27.7 Å². The van der Waals surface area contributed by atoms with Crippen LogP contribution in [0.2, 0.25) is 0 Å². The van der Waals surface area contributed by atoms with Gasteiger partial charge in [0.25, 0.3) is 0 Å². The number of amides is 2. The quantitative estimate of drug-likeness (QED) is 0.699. The summed E-state index contributed by atoms with van der Waals surface area (Å²) in [6, 6.07) is -2.25. The van der Waals surface area contributed by atoms with E-state index in [2.05, 4.69) is 10.6 Å². The third kappa shape index (κ3) is 9.63. The largest absolute Gasteiger partial charge is 0.458 e. The van der Waals surface area contributed by atoms with Crippen molar-refractivity contribution in [1.82, 2.24) is 10.6 Å². The molecule has 0 spiro atoms. The summed E-state index contributed by atoms with van der Waals surface area (Å²) in [6.07, 6.45) is 0. The van der Waals surface area contributed by atoms with Crippen molar-refractivity contribution in [3.63, 3.8) is 0 Å². The molecule has 0 aliphatic heterocycles. The molecule has 0 aliphatic rings. The first-order valence-corrected chi connectivity index (χ1v) is 9.06. The van der Waals surface area contributed by atoms with E-state index in [-0.39, 0.29) is 11.8 Å². The lowest BCUT2D eigenvalue weighted by Gasteiger charge is -2.29. The van der Waals surface area contributed by atoms with Gasteiger partial charge in [0.05, 0.1) is 0 Å². The van der Waals surface area contributed by atoms with Gasteiger partial charge in [-0.25, -0.2) is 14.4 Å². The average Bonchev–Trinajstić information content (AvgIpc) is 2.37. The highest BCUT2D eigenvalue weighted by molar-refractivity contribution is 5.87. The number of urea groups is 1. The molecule has 2 N–H and O–H groups in total. The molecule has 0 aromatic rings. The number of carbonyl (C=O) groups is 3. The normalized spacial score (nSPS) is 14.6. The van der Waals surface area contributed by atoms with Gasteiger partial charge < -0.3 is 20.1 Å². The second kappa shape index (κ2) is 9.24. The van der Waals surface area contributed by atoms with Gasteiger partial charge in [-0.2, -0.15) is 0 Å². The Morgan fingerprint density at radius 1 is 0.654 bits per heavy atom. The lowest BCUT2D eigenvalue weighted by Crippen LogP contribution is -2.55. The Kier molecular flexibility index (Phi) is 8.60. The zero-order chi connectivity index (χ0) is 20.9. The molecular formula is C19H36N2O5. The summed E-state index contributed by atoms with van der Waals surface area (Å²) in [5.74, 6) is -1.37. The van der Waals surface area contributed by atoms with Crippen LogP contribution in [-0.2, 0) is 19.1 Å². The monoisotopic (exact) mass is 372 g/mol. The molecule has 0 rings (SSSR count). The van der Waals surface area contributed by atoms with Gasteiger partial charge in [0, 0.05) is 0 Å². The third-order valence-electron chi connectivity index (χ3n) is 3.23. The average molecular weight is 373 g/mol. The van der Waals surface area contributed by atoms with Gasteiger partial charge >= 0.3 is 18.0 Å². The molecular weight excluding hydrogens is 336 g/mol. The fourth-order valence-electron chi connectivity index (χ4n) is 2.05. The highest BCUT2D eigenvalue weighted by atomic mass is 16.6. The molecule has 0 aromatic heterocycles. The van der Waals surface area contributed by atoms with Crippen molar-refractivity contribution in [3.8, 4) is 0 Å². The fourth-order valence-corrected chi connectivity index (χ4v) is 2.05. The van der Waals surface area contributed by atoms with Crippen LogP contribution in [0.3, 0.4) is 0 Å². The molecule has 152 valence electrons. The maximum absolute atomic E-state index is 12.4. The zero-order valence-electron chi connectivity index (χ0n) is 17.9. The molecule has 0 radical (unpaired) electrons. The van der Waals surface area contributed by atoms with Gasteiger partial charge in [0.1, 0.15) is 23.3 Å². The summed E-state index contributed by atoms with van der Waals surface area (Å²) < 4.78 is 10.7. The van der Waals surface area contributed by atoms with Crippen LogP contribution in [0.5, 0.6) is 0 Å². The predicted octanol–water partition coefficient (Wildman–Crippen LogP) is 3.02.